The first-order chi connectivity index (χ1) is 17.3. The highest BCUT2D eigenvalue weighted by atomic mass is 19.4. The van der Waals surface area contributed by atoms with Crippen molar-refractivity contribution in [1.82, 2.24) is 14.9 Å². The fourth-order valence-corrected chi connectivity index (χ4v) is 4.89. The number of aliphatic hydroxyl groups is 1. The highest BCUT2D eigenvalue weighted by Gasteiger charge is 2.34. The molecule has 5 rings (SSSR count). The lowest BCUT2D eigenvalue weighted by Gasteiger charge is -2.43. The van der Waals surface area contributed by atoms with Crippen LogP contribution < -0.4 is 15.0 Å². The van der Waals surface area contributed by atoms with Crippen molar-refractivity contribution in [1.29, 1.82) is 0 Å². The van der Waals surface area contributed by atoms with Crippen molar-refractivity contribution >= 4 is 17.3 Å². The molecule has 36 heavy (non-hydrogen) atoms. The third kappa shape index (κ3) is 5.88. The van der Waals surface area contributed by atoms with E-state index in [1.165, 1.54) is 29.6 Å². The summed E-state index contributed by atoms with van der Waals surface area (Å²) in [5, 5.41) is 14.1. The molecule has 1 aromatic heterocycles. The Hall–Kier alpha value is -3.37. The van der Waals surface area contributed by atoms with Gasteiger partial charge in [0.05, 0.1) is 6.10 Å². The van der Waals surface area contributed by atoms with Crippen LogP contribution >= 0.6 is 0 Å². The Morgan fingerprint density at radius 1 is 1.03 bits per heavy atom. The van der Waals surface area contributed by atoms with Gasteiger partial charge in [0.1, 0.15) is 23.7 Å². The number of nitrogens with one attached hydrogen (secondary N) is 1. The lowest BCUT2D eigenvalue weighted by molar-refractivity contribution is -0.153. The van der Waals surface area contributed by atoms with E-state index >= 15 is 0 Å². The Morgan fingerprint density at radius 3 is 2.56 bits per heavy atom. The maximum atomic E-state index is 12.3. The van der Waals surface area contributed by atoms with Crippen molar-refractivity contribution < 1.29 is 23.0 Å². The van der Waals surface area contributed by atoms with Crippen LogP contribution in [0.1, 0.15) is 17.5 Å². The Bertz CT molecular complexity index is 1170. The van der Waals surface area contributed by atoms with Crippen LogP contribution in [-0.2, 0) is 13.0 Å². The minimum atomic E-state index is -4.38. The number of ether oxygens (including phenoxy) is 1. The van der Waals surface area contributed by atoms with E-state index in [2.05, 4.69) is 49.4 Å². The number of alkyl halides is 3. The van der Waals surface area contributed by atoms with Gasteiger partial charge >= 0.3 is 6.18 Å². The minimum Gasteiger partial charge on any atom is -0.484 e. The molecule has 3 aromatic rings. The topological polar surface area (TPSA) is 73.8 Å². The Morgan fingerprint density at radius 2 is 1.81 bits per heavy atom. The molecular weight excluding hydrogens is 471 g/mol. The molecule has 2 atom stereocenters. The van der Waals surface area contributed by atoms with Crippen molar-refractivity contribution in [2.75, 3.05) is 36.5 Å². The van der Waals surface area contributed by atoms with Crippen LogP contribution in [0.15, 0.2) is 60.9 Å². The number of hydrogen-bond acceptors (Lipinski definition) is 7. The van der Waals surface area contributed by atoms with Crippen LogP contribution in [0.4, 0.5) is 30.5 Å². The summed E-state index contributed by atoms with van der Waals surface area (Å²) in [7, 11) is 0. The van der Waals surface area contributed by atoms with Gasteiger partial charge in [-0.2, -0.15) is 13.2 Å². The summed E-state index contributed by atoms with van der Waals surface area (Å²) in [6.45, 7) is 1.72. The molecular formula is C26H28F3N5O2. The predicted molar refractivity (Wildman–Crippen MR) is 130 cm³/mol. The number of halogens is 3. The van der Waals surface area contributed by atoms with E-state index in [4.69, 9.17) is 4.74 Å². The van der Waals surface area contributed by atoms with E-state index in [-0.39, 0.29) is 11.8 Å². The largest absolute Gasteiger partial charge is 0.484 e. The van der Waals surface area contributed by atoms with Crippen LogP contribution in [0.25, 0.3) is 0 Å². The smallest absolute Gasteiger partial charge is 0.422 e. The third-order valence-electron chi connectivity index (χ3n) is 6.68. The number of hydrogen-bond donors (Lipinski definition) is 2. The first-order valence-corrected chi connectivity index (χ1v) is 12.0. The quantitative estimate of drug-likeness (QED) is 0.528. The van der Waals surface area contributed by atoms with Gasteiger partial charge in [0.15, 0.2) is 6.61 Å². The molecule has 7 nitrogen and oxygen atoms in total. The molecule has 3 heterocycles. The van der Waals surface area contributed by atoms with Gasteiger partial charge in [0.2, 0.25) is 0 Å². The van der Waals surface area contributed by atoms with Crippen LogP contribution in [0.5, 0.6) is 5.75 Å². The van der Waals surface area contributed by atoms with Gasteiger partial charge in [0.25, 0.3) is 0 Å². The number of aliphatic hydroxyl groups excluding tert-OH is 1. The molecule has 0 amide bonds. The maximum Gasteiger partial charge on any atom is 0.422 e. The van der Waals surface area contributed by atoms with Gasteiger partial charge in [0, 0.05) is 44.0 Å². The molecule has 2 aliphatic heterocycles. The normalized spacial score (nSPS) is 20.6. The predicted octanol–water partition coefficient (Wildman–Crippen LogP) is 4.16. The Balaban J connectivity index is 1.18. The second kappa shape index (κ2) is 10.3. The van der Waals surface area contributed by atoms with Gasteiger partial charge in [-0.05, 0) is 48.2 Å². The standard InChI is InChI=1S/C26H28F3N5O2/c27-26(28,29)16-36-21-7-5-20(6-8-21)32-24-13-25(31-17-30-24)34-12-10-22(23(35)15-34)33-11-9-18-3-1-2-4-19(18)14-33/h1-8,13,17,22-23,35H,9-12,14-16H2,(H,30,31,32). The zero-order valence-corrected chi connectivity index (χ0v) is 19.7. The van der Waals surface area contributed by atoms with E-state index in [0.717, 1.165) is 32.5 Å². The zero-order chi connectivity index (χ0) is 25.1. The van der Waals surface area contributed by atoms with Crippen LogP contribution in [0, 0.1) is 0 Å². The summed E-state index contributed by atoms with van der Waals surface area (Å²) in [6.07, 6.45) is -1.59. The molecule has 2 aliphatic rings. The second-order valence-electron chi connectivity index (χ2n) is 9.17. The second-order valence-corrected chi connectivity index (χ2v) is 9.17. The number of β-amino-alcohol motifs (C(OH)–C–C–N with tert-alkyl or cyclic N) is 1. The van der Waals surface area contributed by atoms with Gasteiger partial charge in [-0.25, -0.2) is 9.97 Å². The van der Waals surface area contributed by atoms with Crippen LogP contribution in [-0.4, -0.2) is 64.5 Å². The molecule has 1 fully saturated rings. The number of anilines is 3. The Labute approximate surface area is 207 Å². The summed E-state index contributed by atoms with van der Waals surface area (Å²) < 4.78 is 41.7. The van der Waals surface area contributed by atoms with Crippen LogP contribution in [0.3, 0.4) is 0 Å². The van der Waals surface area contributed by atoms with Gasteiger partial charge in [-0.3, -0.25) is 4.90 Å². The molecule has 0 saturated carbocycles. The molecule has 0 spiro atoms. The Kier molecular flexibility index (Phi) is 6.97. The number of piperidine rings is 1. The number of benzene rings is 2. The molecule has 2 unspecified atom stereocenters. The number of fused-ring (bicyclic) bond motifs is 1. The molecule has 2 N–H and O–H groups in total. The number of rotatable bonds is 6. The molecule has 190 valence electrons. The fourth-order valence-electron chi connectivity index (χ4n) is 4.89. The highest BCUT2D eigenvalue weighted by molar-refractivity contribution is 5.60. The molecule has 0 bridgehead atoms. The van der Waals surface area contributed by atoms with E-state index in [9.17, 15) is 18.3 Å². The summed E-state index contributed by atoms with van der Waals surface area (Å²) in [4.78, 5) is 13.1. The molecule has 0 aliphatic carbocycles. The minimum absolute atomic E-state index is 0.104. The van der Waals surface area contributed by atoms with Crippen LogP contribution in [0.2, 0.25) is 0 Å². The van der Waals surface area contributed by atoms with E-state index in [1.807, 2.05) is 0 Å². The van der Waals surface area contributed by atoms with E-state index < -0.39 is 18.9 Å². The monoisotopic (exact) mass is 499 g/mol. The van der Waals surface area contributed by atoms with Crippen molar-refractivity contribution in [2.24, 2.45) is 0 Å². The molecule has 1 saturated heterocycles. The van der Waals surface area contributed by atoms with Gasteiger partial charge in [-0.15, -0.1) is 0 Å². The summed E-state index contributed by atoms with van der Waals surface area (Å²) in [6, 6.07) is 16.6. The molecule has 10 heteroatoms. The van der Waals surface area contributed by atoms with Crippen molar-refractivity contribution in [3.63, 3.8) is 0 Å². The zero-order valence-electron chi connectivity index (χ0n) is 19.7. The fraction of sp³-hybridized carbons (Fsp3) is 0.385. The summed E-state index contributed by atoms with van der Waals surface area (Å²) in [5.74, 6) is 1.39. The molecule has 0 radical (unpaired) electrons. The first-order valence-electron chi connectivity index (χ1n) is 12.0. The van der Waals surface area contributed by atoms with Crippen molar-refractivity contribution in [2.45, 2.75) is 37.7 Å². The van der Waals surface area contributed by atoms with Crippen molar-refractivity contribution in [3.8, 4) is 5.75 Å². The average Bonchev–Trinajstić information content (AvgIpc) is 2.88. The first kappa shape index (κ1) is 24.3. The highest BCUT2D eigenvalue weighted by Crippen LogP contribution is 2.28. The average molecular weight is 500 g/mol. The lowest BCUT2D eigenvalue weighted by Crippen LogP contribution is -2.55. The van der Waals surface area contributed by atoms with Gasteiger partial charge < -0.3 is 20.1 Å². The SMILES string of the molecule is OC1CN(c2cc(Nc3ccc(OCC(F)(F)F)cc3)ncn2)CCC1N1CCc2ccccc2C1. The molecule has 2 aromatic carbocycles. The van der Waals surface area contributed by atoms with E-state index in [0.29, 0.717) is 23.9 Å². The summed E-state index contributed by atoms with van der Waals surface area (Å²) >= 11 is 0. The number of nitrogens with zero attached hydrogens (tertiary/aromatic N) is 4. The lowest BCUT2D eigenvalue weighted by atomic mass is 9.94. The number of aromatic nitrogens is 2. The third-order valence-corrected chi connectivity index (χ3v) is 6.68. The van der Waals surface area contributed by atoms with Crippen molar-refractivity contribution in [3.05, 3.63) is 72.1 Å². The maximum absolute atomic E-state index is 12.3. The van der Waals surface area contributed by atoms with E-state index in [1.54, 1.807) is 18.2 Å². The van der Waals surface area contributed by atoms with Gasteiger partial charge in [-0.1, -0.05) is 24.3 Å². The summed E-state index contributed by atoms with van der Waals surface area (Å²) in [5.41, 5.74) is 3.39.